The third-order valence-electron chi connectivity index (χ3n) is 14.6. The van der Waals surface area contributed by atoms with Crippen LogP contribution in [0.1, 0.15) is 0 Å². The van der Waals surface area contributed by atoms with E-state index in [0.29, 0.717) is 0 Å². The number of hydrogen-bond acceptors (Lipinski definition) is 2. The third kappa shape index (κ3) is 7.37. The van der Waals surface area contributed by atoms with Gasteiger partial charge in [0.2, 0.25) is 0 Å². The van der Waals surface area contributed by atoms with Gasteiger partial charge < -0.3 is 13.9 Å². The molecule has 14 rings (SSSR count). The van der Waals surface area contributed by atoms with E-state index >= 15 is 0 Å². The van der Waals surface area contributed by atoms with Crippen molar-refractivity contribution in [3.63, 3.8) is 0 Å². The molecule has 0 bridgehead atoms. The van der Waals surface area contributed by atoms with Gasteiger partial charge in [-0.1, -0.05) is 212 Å². The molecule has 342 valence electrons. The second kappa shape index (κ2) is 17.6. The molecule has 0 amide bonds. The van der Waals surface area contributed by atoms with Gasteiger partial charge in [-0.05, 0) is 128 Å². The molecule has 73 heavy (non-hydrogen) atoms. The van der Waals surface area contributed by atoms with Crippen LogP contribution in [0.2, 0.25) is 0 Å². The molecule has 12 aromatic carbocycles. The molecule has 2 aromatic heterocycles. The molecule has 0 saturated carbocycles. The largest absolute Gasteiger partial charge is 0.453 e. The summed E-state index contributed by atoms with van der Waals surface area (Å²) in [7, 11) is 0. The highest BCUT2D eigenvalue weighted by Crippen LogP contribution is 2.47. The first kappa shape index (κ1) is 42.2. The molecular formula is C70H46N2O. The Hall–Kier alpha value is -9.70. The van der Waals surface area contributed by atoms with Crippen molar-refractivity contribution in [2.75, 3.05) is 4.90 Å². The number of hydrogen-bond donors (Lipinski definition) is 0. The molecule has 14 aromatic rings. The van der Waals surface area contributed by atoms with Crippen LogP contribution in [-0.4, -0.2) is 4.57 Å². The fourth-order valence-corrected chi connectivity index (χ4v) is 11.0. The predicted molar refractivity (Wildman–Crippen MR) is 307 cm³/mol. The van der Waals surface area contributed by atoms with Gasteiger partial charge in [0.15, 0.2) is 5.58 Å². The van der Waals surface area contributed by atoms with E-state index in [1.54, 1.807) is 0 Å². The van der Waals surface area contributed by atoms with Crippen LogP contribution in [0.4, 0.5) is 17.1 Å². The lowest BCUT2D eigenvalue weighted by Gasteiger charge is -2.26. The summed E-state index contributed by atoms with van der Waals surface area (Å²) >= 11 is 0. The third-order valence-corrected chi connectivity index (χ3v) is 14.6. The van der Waals surface area contributed by atoms with Crippen molar-refractivity contribution in [3.05, 3.63) is 279 Å². The second-order valence-electron chi connectivity index (χ2n) is 18.8. The number of aromatic nitrogens is 1. The van der Waals surface area contributed by atoms with Crippen LogP contribution in [0.3, 0.4) is 0 Å². The second-order valence-corrected chi connectivity index (χ2v) is 18.8. The van der Waals surface area contributed by atoms with Gasteiger partial charge in [0, 0.05) is 44.2 Å². The van der Waals surface area contributed by atoms with Crippen molar-refractivity contribution < 1.29 is 4.42 Å². The van der Waals surface area contributed by atoms with E-state index in [0.717, 1.165) is 61.3 Å². The Labute approximate surface area is 423 Å². The Kier molecular flexibility index (Phi) is 10.2. The Morgan fingerprint density at radius 1 is 0.288 bits per heavy atom. The minimum Gasteiger partial charge on any atom is -0.453 e. The first-order valence-corrected chi connectivity index (χ1v) is 25.0. The summed E-state index contributed by atoms with van der Waals surface area (Å²) in [6.07, 6.45) is 0. The molecule has 0 saturated heterocycles. The molecular weight excluding hydrogens is 885 g/mol. The van der Waals surface area contributed by atoms with Crippen LogP contribution >= 0.6 is 0 Å². The molecule has 3 nitrogen and oxygen atoms in total. The van der Waals surface area contributed by atoms with Gasteiger partial charge in [0.25, 0.3) is 0 Å². The Bertz CT molecular complexity index is 4310. The summed E-state index contributed by atoms with van der Waals surface area (Å²) in [6, 6.07) is 101. The fourth-order valence-electron chi connectivity index (χ4n) is 11.0. The average molecular weight is 931 g/mol. The summed E-state index contributed by atoms with van der Waals surface area (Å²) < 4.78 is 9.53. The van der Waals surface area contributed by atoms with Gasteiger partial charge in [-0.25, -0.2) is 0 Å². The number of rotatable bonds is 9. The Balaban J connectivity index is 0.798. The van der Waals surface area contributed by atoms with Crippen molar-refractivity contribution in [1.29, 1.82) is 0 Å². The summed E-state index contributed by atoms with van der Waals surface area (Å²) in [5.41, 5.74) is 20.0. The highest BCUT2D eigenvalue weighted by molar-refractivity contribution is 6.24. The lowest BCUT2D eigenvalue weighted by Crippen LogP contribution is -2.10. The standard InChI is InChI=1S/C70H46N2O/c1-4-15-47(16-5-1)51-35-40-58(41-36-51)71(67-26-14-24-62-68-60-22-11-10-19-56(60)46-63(70(68)73-69(62)67)54-17-6-2-7-18-54)59-42-37-52(38-43-59)50-29-27-48(28-30-50)49-31-33-53(34-32-49)55-39-44-66-64(45-55)61-23-12-13-25-65(61)72(66)57-20-8-3-9-21-57/h1-46H. The molecule has 0 atom stereocenters. The zero-order chi connectivity index (χ0) is 48.2. The normalized spacial score (nSPS) is 11.6. The van der Waals surface area contributed by atoms with Crippen molar-refractivity contribution >= 4 is 71.6 Å². The van der Waals surface area contributed by atoms with Gasteiger partial charge in [-0.2, -0.15) is 0 Å². The number of para-hydroxylation sites is 3. The summed E-state index contributed by atoms with van der Waals surface area (Å²) in [5, 5.41) is 7.09. The van der Waals surface area contributed by atoms with E-state index in [-0.39, 0.29) is 0 Å². The molecule has 0 aliphatic heterocycles. The van der Waals surface area contributed by atoms with Crippen molar-refractivity contribution in [2.24, 2.45) is 0 Å². The van der Waals surface area contributed by atoms with E-state index in [2.05, 4.69) is 289 Å². The van der Waals surface area contributed by atoms with Crippen LogP contribution < -0.4 is 4.90 Å². The van der Waals surface area contributed by atoms with Gasteiger partial charge >= 0.3 is 0 Å². The monoisotopic (exact) mass is 930 g/mol. The molecule has 0 aliphatic rings. The molecule has 0 fully saturated rings. The highest BCUT2D eigenvalue weighted by atomic mass is 16.3. The average Bonchev–Trinajstić information content (AvgIpc) is 4.03. The molecule has 0 unspecified atom stereocenters. The van der Waals surface area contributed by atoms with Gasteiger partial charge in [0.05, 0.1) is 16.7 Å². The molecule has 0 spiro atoms. The number of fused-ring (bicyclic) bond motifs is 8. The highest BCUT2D eigenvalue weighted by Gasteiger charge is 2.23. The van der Waals surface area contributed by atoms with Crippen LogP contribution in [0.15, 0.2) is 283 Å². The van der Waals surface area contributed by atoms with Crippen molar-refractivity contribution in [3.8, 4) is 61.3 Å². The minimum atomic E-state index is 0.846. The van der Waals surface area contributed by atoms with Crippen LogP contribution in [0.25, 0.3) is 116 Å². The predicted octanol–water partition coefficient (Wildman–Crippen LogP) is 19.6. The molecule has 0 N–H and O–H groups in total. The van der Waals surface area contributed by atoms with Crippen LogP contribution in [0, 0.1) is 0 Å². The fraction of sp³-hybridized carbons (Fsp3) is 0. The van der Waals surface area contributed by atoms with Gasteiger partial charge in [-0.3, -0.25) is 0 Å². The molecule has 2 heterocycles. The number of nitrogens with zero attached hydrogens (tertiary/aromatic N) is 2. The first-order valence-electron chi connectivity index (χ1n) is 25.0. The smallest absolute Gasteiger partial charge is 0.159 e. The zero-order valence-corrected chi connectivity index (χ0v) is 39.9. The Morgan fingerprint density at radius 3 is 1.36 bits per heavy atom. The maximum atomic E-state index is 7.17. The van der Waals surface area contributed by atoms with E-state index in [9.17, 15) is 0 Å². The van der Waals surface area contributed by atoms with E-state index in [1.807, 2.05) is 0 Å². The topological polar surface area (TPSA) is 21.3 Å². The van der Waals surface area contributed by atoms with E-state index in [1.165, 1.54) is 71.6 Å². The summed E-state index contributed by atoms with van der Waals surface area (Å²) in [5.74, 6) is 0. The van der Waals surface area contributed by atoms with Crippen molar-refractivity contribution in [2.45, 2.75) is 0 Å². The molecule has 3 heteroatoms. The van der Waals surface area contributed by atoms with Crippen LogP contribution in [0.5, 0.6) is 0 Å². The molecule has 0 aliphatic carbocycles. The van der Waals surface area contributed by atoms with Crippen molar-refractivity contribution in [1.82, 2.24) is 4.57 Å². The SMILES string of the molecule is c1ccc(-c2ccc(N(c3ccc(-c4ccc(-c5ccc(-c6ccc7c(c6)c6ccccc6n7-c6ccccc6)cc5)cc4)cc3)c3cccc4c3oc3c(-c5ccccc5)cc5ccccc5c34)cc2)cc1. The maximum absolute atomic E-state index is 7.17. The lowest BCUT2D eigenvalue weighted by molar-refractivity contribution is 0.670. The van der Waals surface area contributed by atoms with Gasteiger partial charge in [0.1, 0.15) is 5.58 Å². The quantitative estimate of drug-likeness (QED) is 0.144. The maximum Gasteiger partial charge on any atom is 0.159 e. The molecule has 0 radical (unpaired) electrons. The van der Waals surface area contributed by atoms with E-state index in [4.69, 9.17) is 4.42 Å². The summed E-state index contributed by atoms with van der Waals surface area (Å²) in [4.78, 5) is 2.33. The number of benzene rings is 12. The van der Waals surface area contributed by atoms with E-state index < -0.39 is 0 Å². The minimum absolute atomic E-state index is 0.846. The number of furan rings is 1. The van der Waals surface area contributed by atoms with Crippen LogP contribution in [-0.2, 0) is 0 Å². The van der Waals surface area contributed by atoms with Gasteiger partial charge in [-0.15, -0.1) is 0 Å². The first-order chi connectivity index (χ1) is 36.2. The zero-order valence-electron chi connectivity index (χ0n) is 39.9. The lowest BCUT2D eigenvalue weighted by atomic mass is 9.96. The number of anilines is 3. The summed E-state index contributed by atoms with van der Waals surface area (Å²) in [6.45, 7) is 0. The Morgan fingerprint density at radius 2 is 0.740 bits per heavy atom.